The summed E-state index contributed by atoms with van der Waals surface area (Å²) in [6.07, 6.45) is 1.43. The lowest BCUT2D eigenvalue weighted by Gasteiger charge is -2.09. The summed E-state index contributed by atoms with van der Waals surface area (Å²) in [6.45, 7) is 6.08. The molecule has 0 fully saturated rings. The van der Waals surface area contributed by atoms with E-state index in [2.05, 4.69) is 19.6 Å². The smallest absolute Gasteiger partial charge is 0.107 e. The van der Waals surface area contributed by atoms with Gasteiger partial charge >= 0.3 is 0 Å². The molecule has 1 rings (SSSR count). The van der Waals surface area contributed by atoms with E-state index in [1.165, 1.54) is 0 Å². The molecular formula is C14H18O. The van der Waals surface area contributed by atoms with Crippen molar-refractivity contribution >= 4 is 0 Å². The van der Waals surface area contributed by atoms with Gasteiger partial charge in [0.05, 0.1) is 0 Å². The Kier molecular flexibility index (Phi) is 4.36. The van der Waals surface area contributed by atoms with Crippen molar-refractivity contribution in [1.29, 1.82) is 0 Å². The van der Waals surface area contributed by atoms with Crippen molar-refractivity contribution < 1.29 is 5.11 Å². The van der Waals surface area contributed by atoms with Crippen molar-refractivity contribution in [1.82, 2.24) is 0 Å². The fourth-order valence-corrected chi connectivity index (χ4v) is 1.26. The molecule has 1 aromatic rings. The summed E-state index contributed by atoms with van der Waals surface area (Å²) in [5.41, 5.74) is 4.89. The molecule has 1 heteroatoms. The Morgan fingerprint density at radius 3 is 2.40 bits per heavy atom. The van der Waals surface area contributed by atoms with Crippen LogP contribution >= 0.6 is 0 Å². The van der Waals surface area contributed by atoms with Crippen molar-refractivity contribution in [3.05, 3.63) is 53.3 Å². The van der Waals surface area contributed by atoms with Gasteiger partial charge in [0.1, 0.15) is 6.10 Å². The Labute approximate surface area is 91.8 Å². The first-order valence-corrected chi connectivity index (χ1v) is 5.27. The second-order valence-electron chi connectivity index (χ2n) is 4.05. The first-order valence-electron chi connectivity index (χ1n) is 5.27. The summed E-state index contributed by atoms with van der Waals surface area (Å²) in [5, 5.41) is 9.98. The Bertz CT molecular complexity index is 356. The van der Waals surface area contributed by atoms with Crippen LogP contribution in [-0.2, 0) is 0 Å². The van der Waals surface area contributed by atoms with Crippen LogP contribution in [0.2, 0.25) is 0 Å². The molecule has 0 spiro atoms. The van der Waals surface area contributed by atoms with Crippen molar-refractivity contribution in [3.63, 3.8) is 0 Å². The molecule has 0 radical (unpaired) electrons. The highest BCUT2D eigenvalue weighted by molar-refractivity contribution is 5.24. The summed E-state index contributed by atoms with van der Waals surface area (Å²) < 4.78 is 0. The molecular weight excluding hydrogens is 184 g/mol. The quantitative estimate of drug-likeness (QED) is 0.744. The third kappa shape index (κ3) is 3.75. The Hall–Kier alpha value is -1.30. The van der Waals surface area contributed by atoms with E-state index in [9.17, 15) is 5.11 Å². The van der Waals surface area contributed by atoms with Crippen LogP contribution in [0.1, 0.15) is 32.4 Å². The summed E-state index contributed by atoms with van der Waals surface area (Å²) >= 11 is 0. The van der Waals surface area contributed by atoms with Crippen LogP contribution in [0.3, 0.4) is 0 Å². The van der Waals surface area contributed by atoms with E-state index in [0.717, 1.165) is 11.1 Å². The van der Waals surface area contributed by atoms with E-state index in [1.54, 1.807) is 0 Å². The first kappa shape index (κ1) is 11.8. The predicted octanol–water partition coefficient (Wildman–Crippen LogP) is 3.48. The zero-order valence-corrected chi connectivity index (χ0v) is 9.57. The minimum absolute atomic E-state index is 0.461. The van der Waals surface area contributed by atoms with E-state index < -0.39 is 6.10 Å². The number of aliphatic hydroxyl groups excluding tert-OH is 1. The second-order valence-corrected chi connectivity index (χ2v) is 4.05. The van der Waals surface area contributed by atoms with Crippen LogP contribution in [0.25, 0.3) is 0 Å². The van der Waals surface area contributed by atoms with E-state index in [-0.39, 0.29) is 0 Å². The maximum Gasteiger partial charge on any atom is 0.107 e. The highest BCUT2D eigenvalue weighted by Crippen LogP contribution is 2.19. The van der Waals surface area contributed by atoms with Gasteiger partial charge in [0.2, 0.25) is 0 Å². The Morgan fingerprint density at radius 1 is 1.27 bits per heavy atom. The third-order valence-corrected chi connectivity index (χ3v) is 2.17. The van der Waals surface area contributed by atoms with Gasteiger partial charge in [-0.1, -0.05) is 44.2 Å². The Morgan fingerprint density at radius 2 is 1.87 bits per heavy atom. The lowest BCUT2D eigenvalue weighted by atomic mass is 10.0. The highest BCUT2D eigenvalue weighted by atomic mass is 16.3. The summed E-state index contributed by atoms with van der Waals surface area (Å²) in [5.74, 6) is 0.461. The number of rotatable bonds is 3. The van der Waals surface area contributed by atoms with Gasteiger partial charge in [-0.15, -0.1) is 5.73 Å². The summed E-state index contributed by atoms with van der Waals surface area (Å²) in [4.78, 5) is 0. The van der Waals surface area contributed by atoms with Crippen LogP contribution in [0.4, 0.5) is 0 Å². The monoisotopic (exact) mass is 202 g/mol. The molecule has 1 unspecified atom stereocenters. The fraction of sp³-hybridized carbons (Fsp3) is 0.357. The lowest BCUT2D eigenvalue weighted by molar-refractivity contribution is 0.216. The third-order valence-electron chi connectivity index (χ3n) is 2.17. The van der Waals surface area contributed by atoms with Crippen LogP contribution in [0, 0.1) is 5.92 Å². The van der Waals surface area contributed by atoms with E-state index in [0.29, 0.717) is 5.92 Å². The van der Waals surface area contributed by atoms with Crippen LogP contribution in [0.5, 0.6) is 0 Å². The average Bonchev–Trinajstić information content (AvgIpc) is 2.26. The van der Waals surface area contributed by atoms with Crippen molar-refractivity contribution in [2.75, 3.05) is 0 Å². The van der Waals surface area contributed by atoms with Crippen LogP contribution in [-0.4, -0.2) is 5.11 Å². The molecule has 0 aliphatic heterocycles. The standard InChI is InChI=1S/C14H18O/c1-11(2)9-10-12(3)14(15)13-7-5-4-6-8-13/h4-9,11,14-15H,1-3H3. The molecule has 1 nitrogen and oxygen atoms in total. The maximum absolute atomic E-state index is 9.98. The van der Waals surface area contributed by atoms with Gasteiger partial charge in [0, 0.05) is 5.57 Å². The van der Waals surface area contributed by atoms with E-state index >= 15 is 0 Å². The molecule has 0 saturated heterocycles. The van der Waals surface area contributed by atoms with E-state index in [4.69, 9.17) is 0 Å². The predicted molar refractivity (Wildman–Crippen MR) is 63.5 cm³/mol. The molecule has 15 heavy (non-hydrogen) atoms. The van der Waals surface area contributed by atoms with Gasteiger partial charge in [-0.3, -0.25) is 0 Å². The number of hydrogen-bond acceptors (Lipinski definition) is 1. The number of benzene rings is 1. The van der Waals surface area contributed by atoms with Gasteiger partial charge in [-0.05, 0) is 24.5 Å². The van der Waals surface area contributed by atoms with Crippen molar-refractivity contribution in [2.45, 2.75) is 26.9 Å². The zero-order chi connectivity index (χ0) is 11.3. The lowest BCUT2D eigenvalue weighted by Crippen LogP contribution is -1.97. The molecule has 0 aromatic heterocycles. The molecule has 0 aliphatic rings. The minimum atomic E-state index is -0.541. The largest absolute Gasteiger partial charge is 0.383 e. The van der Waals surface area contributed by atoms with E-state index in [1.807, 2.05) is 43.3 Å². The zero-order valence-electron chi connectivity index (χ0n) is 9.57. The molecule has 1 N–H and O–H groups in total. The molecule has 1 aromatic carbocycles. The molecule has 80 valence electrons. The molecule has 0 heterocycles. The van der Waals surface area contributed by atoms with Crippen molar-refractivity contribution in [2.24, 2.45) is 5.92 Å². The molecule has 0 bridgehead atoms. The van der Waals surface area contributed by atoms with Gasteiger partial charge in [-0.25, -0.2) is 0 Å². The molecule has 0 amide bonds. The average molecular weight is 202 g/mol. The van der Waals surface area contributed by atoms with Crippen LogP contribution < -0.4 is 0 Å². The van der Waals surface area contributed by atoms with Gasteiger partial charge < -0.3 is 5.11 Å². The SMILES string of the molecule is CC(=C=CC(C)C)C(O)c1ccccc1. The second kappa shape index (κ2) is 5.55. The topological polar surface area (TPSA) is 20.2 Å². The van der Waals surface area contributed by atoms with Gasteiger partial charge in [0.25, 0.3) is 0 Å². The number of aliphatic hydroxyl groups is 1. The Balaban J connectivity index is 2.86. The molecule has 0 saturated carbocycles. The van der Waals surface area contributed by atoms with Gasteiger partial charge in [-0.2, -0.15) is 0 Å². The fourth-order valence-electron chi connectivity index (χ4n) is 1.26. The molecule has 0 aliphatic carbocycles. The maximum atomic E-state index is 9.98. The van der Waals surface area contributed by atoms with Gasteiger partial charge in [0.15, 0.2) is 0 Å². The first-order chi connectivity index (χ1) is 7.11. The van der Waals surface area contributed by atoms with Crippen LogP contribution in [0.15, 0.2) is 47.7 Å². The number of hydrogen-bond donors (Lipinski definition) is 1. The highest BCUT2D eigenvalue weighted by Gasteiger charge is 2.07. The van der Waals surface area contributed by atoms with Crippen molar-refractivity contribution in [3.8, 4) is 0 Å². The summed E-state index contributed by atoms with van der Waals surface area (Å²) in [6, 6.07) is 9.64. The molecule has 1 atom stereocenters. The summed E-state index contributed by atoms with van der Waals surface area (Å²) in [7, 11) is 0. The normalized spacial score (nSPS) is 12.1. The minimum Gasteiger partial charge on any atom is -0.383 e.